The van der Waals surface area contributed by atoms with Crippen LogP contribution >= 0.6 is 0 Å². The SMILES string of the molecule is Cc1ccc2c(c1)cc(C)n2C(=O)C(F)(F)F. The number of carbonyl (C=O) groups excluding carboxylic acids is 1. The lowest BCUT2D eigenvalue weighted by molar-refractivity contribution is -0.0944. The second-order valence-corrected chi connectivity index (χ2v) is 3.99. The molecule has 2 rings (SSSR count). The zero-order chi connectivity index (χ0) is 12.8. The van der Waals surface area contributed by atoms with Crippen LogP contribution in [0.3, 0.4) is 0 Å². The minimum atomic E-state index is -4.86. The normalized spacial score (nSPS) is 12.1. The van der Waals surface area contributed by atoms with Crippen molar-refractivity contribution in [2.24, 2.45) is 0 Å². The molecule has 90 valence electrons. The smallest absolute Gasteiger partial charge is 0.277 e. The third kappa shape index (κ3) is 1.92. The quantitative estimate of drug-likeness (QED) is 0.692. The van der Waals surface area contributed by atoms with Crippen molar-refractivity contribution in [3.05, 3.63) is 35.5 Å². The van der Waals surface area contributed by atoms with Crippen LogP contribution in [-0.4, -0.2) is 16.7 Å². The predicted octanol–water partition coefficient (Wildman–Crippen LogP) is 3.46. The highest BCUT2D eigenvalue weighted by Crippen LogP contribution is 2.25. The third-order valence-corrected chi connectivity index (χ3v) is 2.59. The van der Waals surface area contributed by atoms with Crippen LogP contribution in [0.2, 0.25) is 0 Å². The van der Waals surface area contributed by atoms with Gasteiger partial charge >= 0.3 is 12.1 Å². The monoisotopic (exact) mass is 241 g/mol. The molecule has 0 saturated heterocycles. The summed E-state index contributed by atoms with van der Waals surface area (Å²) in [5, 5.41) is 0.639. The average Bonchev–Trinajstić information content (AvgIpc) is 2.50. The zero-order valence-electron chi connectivity index (χ0n) is 9.30. The van der Waals surface area contributed by atoms with Gasteiger partial charge in [0.25, 0.3) is 0 Å². The molecule has 0 bridgehead atoms. The van der Waals surface area contributed by atoms with E-state index in [0.717, 1.165) is 5.56 Å². The molecule has 2 nitrogen and oxygen atoms in total. The Labute approximate surface area is 95.7 Å². The van der Waals surface area contributed by atoms with Gasteiger partial charge in [0.2, 0.25) is 0 Å². The Hall–Kier alpha value is -1.78. The van der Waals surface area contributed by atoms with Gasteiger partial charge in [-0.3, -0.25) is 9.36 Å². The molecule has 5 heteroatoms. The van der Waals surface area contributed by atoms with Gasteiger partial charge in [0.1, 0.15) is 0 Å². The van der Waals surface area contributed by atoms with Gasteiger partial charge in [-0.05, 0) is 32.0 Å². The van der Waals surface area contributed by atoms with Crippen molar-refractivity contribution in [1.82, 2.24) is 4.57 Å². The van der Waals surface area contributed by atoms with Crippen LogP contribution in [0.4, 0.5) is 13.2 Å². The molecule has 0 aliphatic rings. The standard InChI is InChI=1S/C12H10F3NO/c1-7-3-4-10-9(5-7)6-8(2)16(10)11(17)12(13,14)15/h3-6H,1-2H3. The number of halogens is 3. The summed E-state index contributed by atoms with van der Waals surface area (Å²) in [6.45, 7) is 3.33. The lowest BCUT2D eigenvalue weighted by Crippen LogP contribution is -2.29. The van der Waals surface area contributed by atoms with E-state index < -0.39 is 12.1 Å². The molecule has 1 aromatic heterocycles. The molecule has 17 heavy (non-hydrogen) atoms. The summed E-state index contributed by atoms with van der Waals surface area (Å²) in [5.41, 5.74) is 1.51. The van der Waals surface area contributed by atoms with Gasteiger partial charge in [0.05, 0.1) is 5.52 Å². The number of aryl methyl sites for hydroxylation is 2. The fourth-order valence-electron chi connectivity index (χ4n) is 1.87. The largest absolute Gasteiger partial charge is 0.472 e. The summed E-state index contributed by atoms with van der Waals surface area (Å²) in [7, 11) is 0. The summed E-state index contributed by atoms with van der Waals surface area (Å²) in [6.07, 6.45) is -4.86. The van der Waals surface area contributed by atoms with E-state index in [-0.39, 0.29) is 11.2 Å². The van der Waals surface area contributed by atoms with E-state index >= 15 is 0 Å². The maximum atomic E-state index is 12.4. The van der Waals surface area contributed by atoms with Crippen LogP contribution < -0.4 is 0 Å². The molecule has 1 heterocycles. The average molecular weight is 241 g/mol. The fourth-order valence-corrected chi connectivity index (χ4v) is 1.87. The topological polar surface area (TPSA) is 22.0 Å². The van der Waals surface area contributed by atoms with Crippen molar-refractivity contribution in [1.29, 1.82) is 0 Å². The van der Waals surface area contributed by atoms with Crippen molar-refractivity contribution in [3.63, 3.8) is 0 Å². The first kappa shape index (κ1) is 11.7. The Morgan fingerprint density at radius 1 is 1.18 bits per heavy atom. The first-order valence-electron chi connectivity index (χ1n) is 5.01. The van der Waals surface area contributed by atoms with Gasteiger partial charge in [-0.25, -0.2) is 0 Å². The number of hydrogen-bond donors (Lipinski definition) is 0. The first-order valence-corrected chi connectivity index (χ1v) is 5.01. The highest BCUT2D eigenvalue weighted by molar-refractivity contribution is 5.96. The van der Waals surface area contributed by atoms with Crippen LogP contribution in [0.5, 0.6) is 0 Å². The molecule has 0 aliphatic heterocycles. The van der Waals surface area contributed by atoms with Crippen molar-refractivity contribution in [2.75, 3.05) is 0 Å². The second-order valence-electron chi connectivity index (χ2n) is 3.99. The molecule has 0 radical (unpaired) electrons. The maximum absolute atomic E-state index is 12.4. The highest BCUT2D eigenvalue weighted by Gasteiger charge is 2.41. The first-order chi connectivity index (χ1) is 7.80. The highest BCUT2D eigenvalue weighted by atomic mass is 19.4. The molecule has 0 N–H and O–H groups in total. The Morgan fingerprint density at radius 2 is 1.82 bits per heavy atom. The van der Waals surface area contributed by atoms with E-state index in [1.54, 1.807) is 18.2 Å². The minimum Gasteiger partial charge on any atom is -0.277 e. The third-order valence-electron chi connectivity index (χ3n) is 2.59. The van der Waals surface area contributed by atoms with Crippen LogP contribution in [0.15, 0.2) is 24.3 Å². The molecule has 2 aromatic rings. The number of benzene rings is 1. The van der Waals surface area contributed by atoms with Crippen LogP contribution in [-0.2, 0) is 0 Å². The summed E-state index contributed by atoms with van der Waals surface area (Å²) in [4.78, 5) is 11.3. The Morgan fingerprint density at radius 3 is 2.41 bits per heavy atom. The Balaban J connectivity index is 2.70. The molecule has 0 aliphatic carbocycles. The van der Waals surface area contributed by atoms with Crippen LogP contribution in [0, 0.1) is 13.8 Å². The number of alkyl halides is 3. The van der Waals surface area contributed by atoms with E-state index in [9.17, 15) is 18.0 Å². The van der Waals surface area contributed by atoms with Gasteiger partial charge in [0.15, 0.2) is 0 Å². The molecular weight excluding hydrogens is 231 g/mol. The van der Waals surface area contributed by atoms with E-state index in [1.807, 2.05) is 6.92 Å². The van der Waals surface area contributed by atoms with Gasteiger partial charge in [-0.15, -0.1) is 0 Å². The molecular formula is C12H10F3NO. The lowest BCUT2D eigenvalue weighted by atomic mass is 10.2. The van der Waals surface area contributed by atoms with Crippen molar-refractivity contribution >= 4 is 16.8 Å². The number of carbonyl (C=O) groups is 1. The fraction of sp³-hybridized carbons (Fsp3) is 0.250. The predicted molar refractivity (Wildman–Crippen MR) is 58.1 cm³/mol. The van der Waals surface area contributed by atoms with Gasteiger partial charge in [0, 0.05) is 11.1 Å². The summed E-state index contributed by atoms with van der Waals surface area (Å²) >= 11 is 0. The van der Waals surface area contributed by atoms with E-state index in [1.165, 1.54) is 13.0 Å². The molecule has 0 fully saturated rings. The Bertz CT molecular complexity index is 596. The number of nitrogens with zero attached hydrogens (tertiary/aromatic N) is 1. The van der Waals surface area contributed by atoms with Crippen molar-refractivity contribution in [3.8, 4) is 0 Å². The van der Waals surface area contributed by atoms with Crippen molar-refractivity contribution < 1.29 is 18.0 Å². The number of rotatable bonds is 0. The van der Waals surface area contributed by atoms with E-state index in [4.69, 9.17) is 0 Å². The van der Waals surface area contributed by atoms with Gasteiger partial charge in [-0.1, -0.05) is 11.6 Å². The number of hydrogen-bond acceptors (Lipinski definition) is 1. The van der Waals surface area contributed by atoms with Gasteiger partial charge < -0.3 is 0 Å². The minimum absolute atomic E-state index is 0.285. The Kier molecular flexibility index (Phi) is 2.49. The molecule has 0 atom stereocenters. The maximum Gasteiger partial charge on any atom is 0.472 e. The summed E-state index contributed by atoms with van der Waals surface area (Å²) in [6, 6.07) is 6.54. The zero-order valence-corrected chi connectivity index (χ0v) is 9.30. The molecule has 0 unspecified atom stereocenters. The molecule has 0 spiro atoms. The van der Waals surface area contributed by atoms with Gasteiger partial charge in [-0.2, -0.15) is 13.2 Å². The molecule has 0 amide bonds. The van der Waals surface area contributed by atoms with Crippen molar-refractivity contribution in [2.45, 2.75) is 20.0 Å². The number of aromatic nitrogens is 1. The summed E-state index contributed by atoms with van der Waals surface area (Å²) < 4.78 is 38.0. The van der Waals surface area contributed by atoms with E-state index in [2.05, 4.69) is 0 Å². The van der Waals surface area contributed by atoms with Crippen LogP contribution in [0.25, 0.3) is 10.9 Å². The molecule has 0 saturated carbocycles. The summed E-state index contributed by atoms with van der Waals surface area (Å²) in [5.74, 6) is -1.85. The second kappa shape index (κ2) is 3.61. The number of fused-ring (bicyclic) bond motifs is 1. The van der Waals surface area contributed by atoms with Crippen LogP contribution in [0.1, 0.15) is 16.1 Å². The molecule has 1 aromatic carbocycles. The lowest BCUT2D eigenvalue weighted by Gasteiger charge is -2.09. The van der Waals surface area contributed by atoms with E-state index in [0.29, 0.717) is 9.95 Å².